The number of nitrogens with one attached hydrogen (secondary N) is 1. The fraction of sp³-hybridized carbons (Fsp3) is 0.654. The van der Waals surface area contributed by atoms with Crippen LogP contribution in [0, 0.1) is 0 Å². The number of fused-ring (bicyclic) bond motifs is 1. The first-order chi connectivity index (χ1) is 18.0. The highest BCUT2D eigenvalue weighted by Crippen LogP contribution is 2.40. The minimum atomic E-state index is -1.83. The van der Waals surface area contributed by atoms with Crippen LogP contribution in [0.25, 0.3) is 11.0 Å². The van der Waals surface area contributed by atoms with Gasteiger partial charge < -0.3 is 25.5 Å². The summed E-state index contributed by atoms with van der Waals surface area (Å²) in [4.78, 5) is 39.2. The predicted molar refractivity (Wildman–Crippen MR) is 137 cm³/mol. The largest absolute Gasteiger partial charge is 0.381 e. The molecule has 1 unspecified atom stereocenters. The number of nitrogens with two attached hydrogens (primary N) is 1. The summed E-state index contributed by atoms with van der Waals surface area (Å²) in [6.45, 7) is 4.09. The second kappa shape index (κ2) is 9.59. The highest BCUT2D eigenvalue weighted by Gasteiger charge is 2.57. The summed E-state index contributed by atoms with van der Waals surface area (Å²) in [7, 11) is 0. The number of ether oxygens (including phenoxy) is 1. The third-order valence-corrected chi connectivity index (χ3v) is 8.49. The quantitative estimate of drug-likeness (QED) is 0.521. The Kier molecular flexibility index (Phi) is 6.26. The molecule has 0 bridgehead atoms. The van der Waals surface area contributed by atoms with E-state index < -0.39 is 11.5 Å². The number of oxime groups is 1. The highest BCUT2D eigenvalue weighted by molar-refractivity contribution is 6.18. The van der Waals surface area contributed by atoms with E-state index in [1.54, 1.807) is 12.4 Å². The first-order valence-electron chi connectivity index (χ1n) is 13.6. The molecule has 4 aliphatic rings. The Bertz CT molecular complexity index is 1210. The summed E-state index contributed by atoms with van der Waals surface area (Å²) < 4.78 is 7.38. The number of anilines is 1. The van der Waals surface area contributed by atoms with Gasteiger partial charge >= 0.3 is 0 Å². The Morgan fingerprint density at radius 2 is 1.84 bits per heavy atom. The zero-order valence-electron chi connectivity index (χ0n) is 21.3. The van der Waals surface area contributed by atoms with Gasteiger partial charge in [0.1, 0.15) is 0 Å². The van der Waals surface area contributed by atoms with Crippen LogP contribution in [0.2, 0.25) is 0 Å². The van der Waals surface area contributed by atoms with Crippen LogP contribution in [0.3, 0.4) is 0 Å². The van der Waals surface area contributed by atoms with Gasteiger partial charge in [0, 0.05) is 49.6 Å². The number of carbonyl (C=O) groups excluding carboxylic acids is 2. The Morgan fingerprint density at radius 3 is 2.43 bits per heavy atom. The van der Waals surface area contributed by atoms with Crippen LogP contribution in [0.15, 0.2) is 17.5 Å². The van der Waals surface area contributed by atoms with Gasteiger partial charge in [0.15, 0.2) is 5.65 Å². The molecule has 2 aliphatic carbocycles. The van der Waals surface area contributed by atoms with E-state index in [0.29, 0.717) is 31.0 Å². The molecule has 6 rings (SSSR count). The van der Waals surface area contributed by atoms with Crippen molar-refractivity contribution in [1.82, 2.24) is 19.7 Å². The van der Waals surface area contributed by atoms with Gasteiger partial charge in [-0.2, -0.15) is 5.10 Å². The number of aryl methyl sites for hydroxylation is 1. The molecule has 3 N–H and O–H groups in total. The molecular formula is C26H35N7O4. The smallest absolute Gasteiger partial charge is 0.297 e. The van der Waals surface area contributed by atoms with Gasteiger partial charge in [-0.15, -0.1) is 0 Å². The maximum Gasteiger partial charge on any atom is 0.297 e. The van der Waals surface area contributed by atoms with Crippen molar-refractivity contribution in [2.75, 3.05) is 18.5 Å². The van der Waals surface area contributed by atoms with Gasteiger partial charge in [0.2, 0.25) is 0 Å². The summed E-state index contributed by atoms with van der Waals surface area (Å²) in [6.07, 6.45) is 11.2. The minimum Gasteiger partial charge on any atom is -0.381 e. The predicted octanol–water partition coefficient (Wildman–Crippen LogP) is 2.32. The van der Waals surface area contributed by atoms with Gasteiger partial charge in [0.05, 0.1) is 29.4 Å². The van der Waals surface area contributed by atoms with Crippen LogP contribution < -0.4 is 11.1 Å². The maximum absolute atomic E-state index is 14.0. The third-order valence-electron chi connectivity index (χ3n) is 8.49. The molecule has 198 valence electrons. The lowest BCUT2D eigenvalue weighted by atomic mass is 9.82. The number of hydrogen-bond donors (Lipinski definition) is 2. The van der Waals surface area contributed by atoms with Gasteiger partial charge in [-0.05, 0) is 58.3 Å². The number of amides is 2. The lowest BCUT2D eigenvalue weighted by Gasteiger charge is -2.48. The molecule has 2 aromatic rings. The molecule has 0 radical (unpaired) electrons. The first-order valence-corrected chi connectivity index (χ1v) is 13.6. The number of aromatic nitrogens is 3. The fourth-order valence-electron chi connectivity index (χ4n) is 5.78. The van der Waals surface area contributed by atoms with Crippen molar-refractivity contribution in [3.63, 3.8) is 0 Å². The lowest BCUT2D eigenvalue weighted by molar-refractivity contribution is -0.170. The van der Waals surface area contributed by atoms with Crippen molar-refractivity contribution in [1.29, 1.82) is 0 Å². The second-order valence-corrected chi connectivity index (χ2v) is 10.7. The van der Waals surface area contributed by atoms with Crippen molar-refractivity contribution in [3.8, 4) is 0 Å². The second-order valence-electron chi connectivity index (χ2n) is 10.7. The van der Waals surface area contributed by atoms with Crippen LogP contribution in [-0.2, 0) is 25.7 Å². The average molecular weight is 510 g/mol. The Balaban J connectivity index is 1.34. The molecule has 11 nitrogen and oxygen atoms in total. The molecule has 1 saturated heterocycles. The number of hydrogen-bond acceptors (Lipinski definition) is 8. The molecule has 0 aromatic carbocycles. The number of pyridine rings is 1. The molecule has 3 fully saturated rings. The van der Waals surface area contributed by atoms with Crippen LogP contribution in [-0.4, -0.2) is 74.1 Å². The van der Waals surface area contributed by atoms with E-state index in [2.05, 4.69) is 20.6 Å². The number of rotatable bonds is 8. The summed E-state index contributed by atoms with van der Waals surface area (Å²) >= 11 is 0. The zero-order chi connectivity index (χ0) is 25.6. The van der Waals surface area contributed by atoms with Crippen molar-refractivity contribution in [3.05, 3.63) is 18.0 Å². The SMILES string of the molecule is CCn1ncc2c(NC3CCOCC3)c(C3=NOC(C(N)=O)(C(=O)N(C4CCC4)C4CCC4)C3)cnc21. The van der Waals surface area contributed by atoms with Crippen LogP contribution in [0.5, 0.6) is 0 Å². The molecule has 2 aliphatic heterocycles. The standard InChI is InChI=1S/C26H35N7O4/c1-2-32-23-20(15-29-32)22(30-16-9-11-36-12-10-16)19(14-28-23)21-13-26(24(27)34,37-31-21)25(35)33(17-5-3-6-17)18-7-4-8-18/h14-18H,2-13H2,1H3,(H2,27,34)(H,28,30). The molecule has 0 spiro atoms. The van der Waals surface area contributed by atoms with Gasteiger partial charge in [-0.1, -0.05) is 5.16 Å². The normalized spacial score (nSPS) is 24.7. The Labute approximate surface area is 215 Å². The van der Waals surface area contributed by atoms with Gasteiger partial charge in [-0.25, -0.2) is 9.67 Å². The average Bonchev–Trinajstić information content (AvgIpc) is 3.47. The first kappa shape index (κ1) is 24.1. The lowest BCUT2D eigenvalue weighted by Crippen LogP contribution is -2.63. The Hall–Kier alpha value is -3.21. The molecule has 4 heterocycles. The Morgan fingerprint density at radius 1 is 1.14 bits per heavy atom. The third kappa shape index (κ3) is 4.03. The summed E-state index contributed by atoms with van der Waals surface area (Å²) in [5.41, 5.74) is 6.84. The van der Waals surface area contributed by atoms with Gasteiger partial charge in [-0.3, -0.25) is 9.59 Å². The van der Waals surface area contributed by atoms with Crippen LogP contribution in [0.4, 0.5) is 5.69 Å². The van der Waals surface area contributed by atoms with E-state index in [0.717, 1.165) is 68.1 Å². The molecule has 1 atom stereocenters. The molecule has 11 heteroatoms. The van der Waals surface area contributed by atoms with E-state index in [-0.39, 0.29) is 30.5 Å². The van der Waals surface area contributed by atoms with E-state index in [4.69, 9.17) is 15.3 Å². The summed E-state index contributed by atoms with van der Waals surface area (Å²) in [6, 6.07) is 0.497. The van der Waals surface area contributed by atoms with Crippen molar-refractivity contribution in [2.45, 2.75) is 95.0 Å². The van der Waals surface area contributed by atoms with E-state index >= 15 is 0 Å². The van der Waals surface area contributed by atoms with E-state index in [9.17, 15) is 9.59 Å². The van der Waals surface area contributed by atoms with Crippen LogP contribution in [0.1, 0.15) is 70.3 Å². The van der Waals surface area contributed by atoms with Crippen molar-refractivity contribution < 1.29 is 19.2 Å². The topological polar surface area (TPSA) is 137 Å². The molecule has 2 amide bonds. The molecule has 2 saturated carbocycles. The van der Waals surface area contributed by atoms with E-state index in [1.807, 2.05) is 16.5 Å². The minimum absolute atomic E-state index is 0.0192. The van der Waals surface area contributed by atoms with Crippen molar-refractivity contribution >= 4 is 34.2 Å². The fourth-order valence-corrected chi connectivity index (χ4v) is 5.78. The number of carbonyl (C=O) groups is 2. The molecule has 37 heavy (non-hydrogen) atoms. The van der Waals surface area contributed by atoms with E-state index in [1.165, 1.54) is 0 Å². The monoisotopic (exact) mass is 509 g/mol. The van der Waals surface area contributed by atoms with Gasteiger partial charge in [0.25, 0.3) is 17.4 Å². The highest BCUT2D eigenvalue weighted by atomic mass is 16.7. The van der Waals surface area contributed by atoms with Crippen molar-refractivity contribution in [2.24, 2.45) is 10.9 Å². The number of primary amides is 1. The molecule has 2 aromatic heterocycles. The maximum atomic E-state index is 14.0. The van der Waals surface area contributed by atoms with Crippen LogP contribution >= 0.6 is 0 Å². The zero-order valence-corrected chi connectivity index (χ0v) is 21.3. The molecular weight excluding hydrogens is 474 g/mol. The number of nitrogens with zero attached hydrogens (tertiary/aromatic N) is 5. The summed E-state index contributed by atoms with van der Waals surface area (Å²) in [5, 5.41) is 13.3. The summed E-state index contributed by atoms with van der Waals surface area (Å²) in [5.74, 6) is -1.15.